The highest BCUT2D eigenvalue weighted by molar-refractivity contribution is 8.05. The summed E-state index contributed by atoms with van der Waals surface area (Å²) >= 11 is 1.28. The molecule has 166 valence electrons. The molecule has 1 atom stereocenters. The molecule has 0 aliphatic carbocycles. The third-order valence-corrected chi connectivity index (χ3v) is 6.43. The lowest BCUT2D eigenvalue weighted by atomic mass is 10.1. The second kappa shape index (κ2) is 11.3. The molecule has 9 heteroatoms. The Hall–Kier alpha value is -2.64. The number of amides is 2. The van der Waals surface area contributed by atoms with E-state index in [0.29, 0.717) is 43.4 Å². The average Bonchev–Trinajstić information content (AvgIpc) is 3.11. The van der Waals surface area contributed by atoms with Gasteiger partial charge in [0.15, 0.2) is 5.57 Å². The maximum atomic E-state index is 13.4. The Morgan fingerprint density at radius 1 is 1.12 bits per heavy atom. The lowest BCUT2D eigenvalue weighted by Gasteiger charge is -2.24. The molecule has 0 bridgehead atoms. The maximum absolute atomic E-state index is 13.4. The Morgan fingerprint density at radius 2 is 1.75 bits per heavy atom. The van der Waals surface area contributed by atoms with Crippen LogP contribution < -0.4 is 32.3 Å². The molecule has 2 amide bonds. The fourth-order valence-electron chi connectivity index (χ4n) is 3.59. The van der Waals surface area contributed by atoms with Crippen molar-refractivity contribution in [3.05, 3.63) is 76.8 Å². The first-order chi connectivity index (χ1) is 15.2. The maximum Gasteiger partial charge on any atom is 0.309 e. The van der Waals surface area contributed by atoms with Crippen molar-refractivity contribution in [1.82, 2.24) is 5.43 Å². The number of nitriles is 1. The van der Waals surface area contributed by atoms with E-state index in [-0.39, 0.29) is 28.5 Å². The fourth-order valence-corrected chi connectivity index (χ4v) is 4.90. The quantitative estimate of drug-likeness (QED) is 0.358. The van der Waals surface area contributed by atoms with Crippen LogP contribution in [-0.2, 0) is 20.7 Å². The summed E-state index contributed by atoms with van der Waals surface area (Å²) in [4.78, 5) is 27.8. The highest BCUT2D eigenvalue weighted by Crippen LogP contribution is 2.41. The Kier molecular flexibility index (Phi) is 8.47. The monoisotopic (exact) mass is 514 g/mol. The van der Waals surface area contributed by atoms with Gasteiger partial charge in [0.25, 0.3) is 0 Å². The first-order valence-corrected chi connectivity index (χ1v) is 11.0. The SMILES string of the molecule is N#CC(C(=O)N[NH+]1CCOCC1)=C1SC(Cc2ccccc2)C(=O)N1c1ccccc1.[Br-]. The van der Waals surface area contributed by atoms with Crippen LogP contribution in [0.5, 0.6) is 0 Å². The topological polar surface area (TPSA) is 86.9 Å². The molecule has 0 spiro atoms. The van der Waals surface area contributed by atoms with Crippen LogP contribution in [0.25, 0.3) is 0 Å². The molecular formula is C23H23BrN4O3S. The number of nitrogens with zero attached hydrogens (tertiary/aromatic N) is 2. The van der Waals surface area contributed by atoms with Gasteiger partial charge in [-0.25, -0.2) is 5.01 Å². The number of hydrogen-bond acceptors (Lipinski definition) is 5. The Bertz CT molecular complexity index is 1020. The van der Waals surface area contributed by atoms with Crippen molar-refractivity contribution >= 4 is 29.3 Å². The number of benzene rings is 2. The molecule has 4 rings (SSSR count). The first kappa shape index (κ1) is 24.0. The van der Waals surface area contributed by atoms with Gasteiger partial charge in [0, 0.05) is 5.69 Å². The zero-order valence-corrected chi connectivity index (χ0v) is 19.7. The lowest BCUT2D eigenvalue weighted by Crippen LogP contribution is -3.20. The van der Waals surface area contributed by atoms with E-state index in [1.165, 1.54) is 16.7 Å². The molecule has 2 aliphatic rings. The van der Waals surface area contributed by atoms with Gasteiger partial charge in [-0.05, 0) is 24.1 Å². The van der Waals surface area contributed by atoms with Gasteiger partial charge in [-0.3, -0.25) is 14.5 Å². The number of carbonyl (C=O) groups excluding carboxylic acids is 2. The van der Waals surface area contributed by atoms with E-state index in [1.807, 2.05) is 66.7 Å². The van der Waals surface area contributed by atoms with Gasteiger partial charge in [-0.1, -0.05) is 60.3 Å². The van der Waals surface area contributed by atoms with Crippen LogP contribution in [0, 0.1) is 11.3 Å². The van der Waals surface area contributed by atoms with Crippen LogP contribution in [0.3, 0.4) is 0 Å². The van der Waals surface area contributed by atoms with Crippen LogP contribution in [0.15, 0.2) is 71.3 Å². The summed E-state index contributed by atoms with van der Waals surface area (Å²) in [5, 5.41) is 10.7. The molecular weight excluding hydrogens is 492 g/mol. The van der Waals surface area contributed by atoms with Gasteiger partial charge in [-0.15, -0.1) is 0 Å². The third kappa shape index (κ3) is 5.40. The first-order valence-electron chi connectivity index (χ1n) is 10.1. The Morgan fingerprint density at radius 3 is 2.38 bits per heavy atom. The van der Waals surface area contributed by atoms with Crippen molar-refractivity contribution in [2.24, 2.45) is 0 Å². The van der Waals surface area contributed by atoms with Gasteiger partial charge in [0.1, 0.15) is 24.2 Å². The highest BCUT2D eigenvalue weighted by atomic mass is 79.9. The standard InChI is InChI=1S/C23H22N4O3S.BrH/c24-16-19(21(28)25-26-11-13-30-14-12-26)23-27(18-9-5-2-6-10-18)22(29)20(31-23)15-17-7-3-1-4-8-17;/h1-10,20H,11-15H2,(H,25,28);1H. The van der Waals surface area contributed by atoms with Gasteiger partial charge in [0.2, 0.25) is 5.91 Å². The number of quaternary nitrogens is 1. The predicted octanol–water partition coefficient (Wildman–Crippen LogP) is -1.94. The van der Waals surface area contributed by atoms with E-state index >= 15 is 0 Å². The summed E-state index contributed by atoms with van der Waals surface area (Å²) in [5.41, 5.74) is 4.49. The molecule has 2 saturated heterocycles. The van der Waals surface area contributed by atoms with Gasteiger partial charge >= 0.3 is 5.91 Å². The minimum atomic E-state index is -0.476. The molecule has 0 radical (unpaired) electrons. The number of ether oxygens (including phenoxy) is 1. The van der Waals surface area contributed by atoms with E-state index in [9.17, 15) is 14.9 Å². The van der Waals surface area contributed by atoms with Gasteiger partial charge in [0.05, 0.1) is 18.5 Å². The van der Waals surface area contributed by atoms with E-state index in [0.717, 1.165) is 10.6 Å². The number of hydrogen-bond donors (Lipinski definition) is 2. The largest absolute Gasteiger partial charge is 1.00 e. The molecule has 2 N–H and O–H groups in total. The fraction of sp³-hybridized carbons (Fsp3) is 0.261. The smallest absolute Gasteiger partial charge is 0.309 e. The molecule has 32 heavy (non-hydrogen) atoms. The molecule has 2 aromatic carbocycles. The minimum absolute atomic E-state index is 0. The molecule has 2 fully saturated rings. The predicted molar refractivity (Wildman–Crippen MR) is 118 cm³/mol. The van der Waals surface area contributed by atoms with E-state index < -0.39 is 11.2 Å². The second-order valence-corrected chi connectivity index (χ2v) is 8.46. The zero-order chi connectivity index (χ0) is 21.6. The Labute approximate surface area is 201 Å². The third-order valence-electron chi connectivity index (χ3n) is 5.17. The van der Waals surface area contributed by atoms with Crippen molar-refractivity contribution in [2.45, 2.75) is 11.7 Å². The Balaban J connectivity index is 0.00000289. The average molecular weight is 515 g/mol. The summed E-state index contributed by atoms with van der Waals surface area (Å²) in [6.45, 7) is 2.36. The molecule has 7 nitrogen and oxygen atoms in total. The van der Waals surface area contributed by atoms with Gasteiger partial charge in [-0.2, -0.15) is 10.7 Å². The van der Waals surface area contributed by atoms with Gasteiger partial charge < -0.3 is 21.7 Å². The number of anilines is 1. The highest BCUT2D eigenvalue weighted by Gasteiger charge is 2.41. The molecule has 2 heterocycles. The van der Waals surface area contributed by atoms with Crippen LogP contribution in [0.2, 0.25) is 0 Å². The van der Waals surface area contributed by atoms with Crippen LogP contribution in [0.1, 0.15) is 5.56 Å². The number of thioether (sulfide) groups is 1. The zero-order valence-electron chi connectivity index (χ0n) is 17.3. The number of halogens is 1. The summed E-state index contributed by atoms with van der Waals surface area (Å²) < 4.78 is 5.32. The van der Waals surface area contributed by atoms with Crippen LogP contribution >= 0.6 is 11.8 Å². The second-order valence-electron chi connectivity index (χ2n) is 7.27. The summed E-state index contributed by atoms with van der Waals surface area (Å²) in [6, 6.07) is 20.9. The van der Waals surface area contributed by atoms with E-state index in [1.54, 1.807) is 0 Å². The van der Waals surface area contributed by atoms with Crippen molar-refractivity contribution in [3.8, 4) is 6.07 Å². The number of nitrogens with one attached hydrogen (secondary N) is 2. The van der Waals surface area contributed by atoms with Crippen molar-refractivity contribution in [1.29, 1.82) is 5.26 Å². The molecule has 2 aromatic rings. The minimum Gasteiger partial charge on any atom is -1.00 e. The van der Waals surface area contributed by atoms with E-state index in [4.69, 9.17) is 4.74 Å². The normalized spacial score (nSPS) is 20.3. The number of rotatable bonds is 5. The van der Waals surface area contributed by atoms with Crippen LogP contribution in [0.4, 0.5) is 5.69 Å². The molecule has 0 aromatic heterocycles. The van der Waals surface area contributed by atoms with Crippen LogP contribution in [-0.4, -0.2) is 43.4 Å². The number of para-hydroxylation sites is 1. The summed E-state index contributed by atoms with van der Waals surface area (Å²) in [6.07, 6.45) is 0.520. The molecule has 1 unspecified atom stereocenters. The number of carbonyl (C=O) groups is 2. The summed E-state index contributed by atoms with van der Waals surface area (Å²) in [5.74, 6) is -0.606. The molecule has 2 aliphatic heterocycles. The summed E-state index contributed by atoms with van der Waals surface area (Å²) in [7, 11) is 0. The van der Waals surface area contributed by atoms with Crippen molar-refractivity contribution in [2.75, 3.05) is 31.2 Å². The van der Waals surface area contributed by atoms with Crippen molar-refractivity contribution in [3.63, 3.8) is 0 Å². The van der Waals surface area contributed by atoms with E-state index in [2.05, 4.69) is 5.43 Å². The van der Waals surface area contributed by atoms with Crippen molar-refractivity contribution < 1.29 is 36.3 Å². The number of morpholine rings is 1. The lowest BCUT2D eigenvalue weighted by molar-refractivity contribution is -0.943. The molecule has 0 saturated carbocycles.